The first kappa shape index (κ1) is 25.5. The maximum atomic E-state index is 12.4. The number of hydrogen-bond acceptors (Lipinski definition) is 8. The average molecular weight is 486 g/mol. The van der Waals surface area contributed by atoms with E-state index >= 15 is 0 Å². The minimum absolute atomic E-state index is 0.0441. The van der Waals surface area contributed by atoms with E-state index in [0.717, 1.165) is 31.6 Å². The first-order valence-electron chi connectivity index (χ1n) is 11.6. The first-order valence-corrected chi connectivity index (χ1v) is 12.6. The van der Waals surface area contributed by atoms with Crippen LogP contribution in [0.25, 0.3) is 0 Å². The fraction of sp³-hybridized carbons (Fsp3) is 0.458. The summed E-state index contributed by atoms with van der Waals surface area (Å²) in [5.41, 5.74) is 0.727. The number of aromatic nitrogens is 2. The molecule has 0 spiro atoms. The summed E-state index contributed by atoms with van der Waals surface area (Å²) in [4.78, 5) is 38.9. The van der Waals surface area contributed by atoms with Crippen LogP contribution in [0, 0.1) is 5.92 Å². The molecule has 1 aliphatic rings. The maximum absolute atomic E-state index is 12.4. The summed E-state index contributed by atoms with van der Waals surface area (Å²) >= 11 is 1.26. The summed E-state index contributed by atoms with van der Waals surface area (Å²) in [5, 5.41) is 14.9. The van der Waals surface area contributed by atoms with Crippen LogP contribution >= 0.6 is 11.8 Å². The predicted octanol–water partition coefficient (Wildman–Crippen LogP) is 3.13. The number of ether oxygens (including phenoxy) is 1. The van der Waals surface area contributed by atoms with E-state index in [-0.39, 0.29) is 30.1 Å². The Bertz CT molecular complexity index is 986. The second-order valence-electron chi connectivity index (χ2n) is 7.91. The van der Waals surface area contributed by atoms with Crippen LogP contribution in [0.1, 0.15) is 43.5 Å². The van der Waals surface area contributed by atoms with E-state index in [1.807, 2.05) is 19.1 Å². The summed E-state index contributed by atoms with van der Waals surface area (Å²) in [7, 11) is 0. The lowest BCUT2D eigenvalue weighted by Gasteiger charge is -2.32. The number of rotatable bonds is 10. The summed E-state index contributed by atoms with van der Waals surface area (Å²) < 4.78 is 5.04. The van der Waals surface area contributed by atoms with Crippen LogP contribution in [0.5, 0.6) is 0 Å². The van der Waals surface area contributed by atoms with Crippen molar-refractivity contribution >= 4 is 41.1 Å². The lowest BCUT2D eigenvalue weighted by Crippen LogP contribution is -2.43. The normalized spacial score (nSPS) is 15.5. The number of nitrogens with zero attached hydrogens (tertiary/aromatic N) is 3. The van der Waals surface area contributed by atoms with Gasteiger partial charge in [0.1, 0.15) is 5.03 Å². The molecule has 0 saturated carbocycles. The highest BCUT2D eigenvalue weighted by atomic mass is 32.2. The molecule has 0 aliphatic carbocycles. The highest BCUT2D eigenvalue weighted by Gasteiger charge is 2.26. The fourth-order valence-electron chi connectivity index (χ4n) is 3.66. The van der Waals surface area contributed by atoms with Gasteiger partial charge < -0.3 is 20.3 Å². The molecule has 34 heavy (non-hydrogen) atoms. The molecule has 2 heterocycles. The molecule has 1 saturated heterocycles. The van der Waals surface area contributed by atoms with Crippen LogP contribution in [-0.4, -0.2) is 60.0 Å². The van der Waals surface area contributed by atoms with Crippen molar-refractivity contribution in [2.24, 2.45) is 5.92 Å². The molecule has 9 nitrogen and oxygen atoms in total. The first-order chi connectivity index (χ1) is 16.5. The second-order valence-corrected chi connectivity index (χ2v) is 8.90. The van der Waals surface area contributed by atoms with Crippen LogP contribution in [0.15, 0.2) is 41.4 Å². The lowest BCUT2D eigenvalue weighted by molar-refractivity contribution is -0.125. The zero-order valence-corrected chi connectivity index (χ0v) is 20.4. The lowest BCUT2D eigenvalue weighted by atomic mass is 9.97. The quantitative estimate of drug-likeness (QED) is 0.390. The molecule has 1 aromatic carbocycles. The molecule has 1 aromatic heterocycles. The third-order valence-corrected chi connectivity index (χ3v) is 6.26. The van der Waals surface area contributed by atoms with Gasteiger partial charge in [0.15, 0.2) is 5.82 Å². The van der Waals surface area contributed by atoms with Gasteiger partial charge in [-0.2, -0.15) is 0 Å². The molecule has 182 valence electrons. The molecule has 3 rings (SSSR count). The third-order valence-electron chi connectivity index (χ3n) is 5.34. The van der Waals surface area contributed by atoms with Gasteiger partial charge in [0.2, 0.25) is 11.8 Å². The monoisotopic (exact) mass is 485 g/mol. The van der Waals surface area contributed by atoms with Gasteiger partial charge in [-0.1, -0.05) is 30.8 Å². The van der Waals surface area contributed by atoms with E-state index in [0.29, 0.717) is 29.4 Å². The largest absolute Gasteiger partial charge is 0.462 e. The highest BCUT2D eigenvalue weighted by molar-refractivity contribution is 7.99. The number of benzene rings is 1. The van der Waals surface area contributed by atoms with Gasteiger partial charge in [0.25, 0.3) is 0 Å². The van der Waals surface area contributed by atoms with Crippen molar-refractivity contribution in [3.05, 3.63) is 42.0 Å². The molecule has 1 aliphatic heterocycles. The Morgan fingerprint density at radius 1 is 1.15 bits per heavy atom. The molecular weight excluding hydrogens is 454 g/mol. The Kier molecular flexibility index (Phi) is 9.69. The van der Waals surface area contributed by atoms with Gasteiger partial charge in [0, 0.05) is 19.6 Å². The van der Waals surface area contributed by atoms with Crippen molar-refractivity contribution in [3.8, 4) is 0 Å². The standard InChI is InChI=1S/C24H31N5O4S/c1-3-13-25-23(31)17-8-7-14-29(15-17)20-11-12-22(28-27-20)34-16-21(30)26-19-10-6-5-9-18(19)24(32)33-4-2/h5-6,9-12,17H,3-4,7-8,13-16H2,1-2H3,(H,25,31)(H,26,30)/t17-/m0/s1. The molecule has 0 bridgehead atoms. The topological polar surface area (TPSA) is 114 Å². The Morgan fingerprint density at radius 2 is 1.97 bits per heavy atom. The Balaban J connectivity index is 1.52. The predicted molar refractivity (Wildman–Crippen MR) is 132 cm³/mol. The van der Waals surface area contributed by atoms with E-state index in [4.69, 9.17) is 4.74 Å². The number of esters is 1. The van der Waals surface area contributed by atoms with E-state index in [2.05, 4.69) is 25.7 Å². The van der Waals surface area contributed by atoms with Gasteiger partial charge in [-0.25, -0.2) is 4.79 Å². The van der Waals surface area contributed by atoms with Crippen LogP contribution in [0.2, 0.25) is 0 Å². The molecule has 1 atom stereocenters. The number of amides is 2. The van der Waals surface area contributed by atoms with Crippen LogP contribution in [0.4, 0.5) is 11.5 Å². The van der Waals surface area contributed by atoms with Crippen LogP contribution in [0.3, 0.4) is 0 Å². The average Bonchev–Trinajstić information content (AvgIpc) is 2.87. The molecule has 2 aromatic rings. The number of para-hydroxylation sites is 1. The zero-order chi connectivity index (χ0) is 24.3. The van der Waals surface area contributed by atoms with E-state index in [9.17, 15) is 14.4 Å². The molecule has 10 heteroatoms. The van der Waals surface area contributed by atoms with Gasteiger partial charge in [0.05, 0.1) is 29.5 Å². The smallest absolute Gasteiger partial charge is 0.340 e. The van der Waals surface area contributed by atoms with Crippen LogP contribution in [-0.2, 0) is 14.3 Å². The molecule has 1 fully saturated rings. The molecular formula is C24H31N5O4S. The summed E-state index contributed by atoms with van der Waals surface area (Å²) in [6.07, 6.45) is 2.72. The summed E-state index contributed by atoms with van der Waals surface area (Å²) in [5.74, 6) is 0.166. The number of carbonyl (C=O) groups excluding carboxylic acids is 3. The number of anilines is 2. The van der Waals surface area contributed by atoms with Crippen molar-refractivity contribution in [2.45, 2.75) is 38.1 Å². The van der Waals surface area contributed by atoms with Gasteiger partial charge >= 0.3 is 5.97 Å². The zero-order valence-electron chi connectivity index (χ0n) is 19.6. The molecule has 0 unspecified atom stereocenters. The number of piperidine rings is 1. The van der Waals surface area contributed by atoms with Crippen molar-refractivity contribution in [1.29, 1.82) is 0 Å². The van der Waals surface area contributed by atoms with E-state index < -0.39 is 5.97 Å². The van der Waals surface area contributed by atoms with Crippen LogP contribution < -0.4 is 15.5 Å². The molecule has 2 amide bonds. The number of hydrogen-bond donors (Lipinski definition) is 2. The Hall–Kier alpha value is -3.14. The second kappa shape index (κ2) is 12.9. The van der Waals surface area contributed by atoms with E-state index in [1.165, 1.54) is 11.8 Å². The number of carbonyl (C=O) groups is 3. The van der Waals surface area contributed by atoms with Crippen molar-refractivity contribution in [2.75, 3.05) is 42.2 Å². The molecule has 2 N–H and O–H groups in total. The van der Waals surface area contributed by atoms with Crippen molar-refractivity contribution in [3.63, 3.8) is 0 Å². The van der Waals surface area contributed by atoms with E-state index in [1.54, 1.807) is 31.2 Å². The SMILES string of the molecule is CCCNC(=O)[C@H]1CCCN(c2ccc(SCC(=O)Nc3ccccc3C(=O)OCC)nn2)C1. The van der Waals surface area contributed by atoms with Crippen molar-refractivity contribution in [1.82, 2.24) is 15.5 Å². The minimum atomic E-state index is -0.477. The maximum Gasteiger partial charge on any atom is 0.340 e. The number of thioether (sulfide) groups is 1. The number of nitrogens with one attached hydrogen (secondary N) is 2. The Labute approximate surface area is 204 Å². The van der Waals surface area contributed by atoms with Crippen molar-refractivity contribution < 1.29 is 19.1 Å². The molecule has 0 radical (unpaired) electrons. The highest BCUT2D eigenvalue weighted by Crippen LogP contribution is 2.24. The minimum Gasteiger partial charge on any atom is -0.462 e. The third kappa shape index (κ3) is 7.18. The fourth-order valence-corrected chi connectivity index (χ4v) is 4.27. The van der Waals surface area contributed by atoms with Gasteiger partial charge in [-0.15, -0.1) is 10.2 Å². The van der Waals surface area contributed by atoms with Gasteiger partial charge in [-0.3, -0.25) is 9.59 Å². The van der Waals surface area contributed by atoms with Gasteiger partial charge in [-0.05, 0) is 50.5 Å². The summed E-state index contributed by atoms with van der Waals surface area (Å²) in [6.45, 7) is 6.18. The Morgan fingerprint density at radius 3 is 2.71 bits per heavy atom. The summed E-state index contributed by atoms with van der Waals surface area (Å²) in [6, 6.07) is 10.4.